The molecule has 0 atom stereocenters. The molecule has 5 nitrogen and oxygen atoms in total. The molecule has 0 radical (unpaired) electrons. The fourth-order valence-electron chi connectivity index (χ4n) is 2.05. The third-order valence-corrected chi connectivity index (χ3v) is 3.05. The van der Waals surface area contributed by atoms with Gasteiger partial charge < -0.3 is 10.1 Å². The molecule has 1 aromatic carbocycles. The highest BCUT2D eigenvalue weighted by Crippen LogP contribution is 2.13. The number of rotatable bonds is 6. The van der Waals surface area contributed by atoms with Crippen molar-refractivity contribution in [2.45, 2.75) is 26.8 Å². The van der Waals surface area contributed by atoms with Crippen LogP contribution in [0.3, 0.4) is 0 Å². The molecule has 0 saturated carbocycles. The van der Waals surface area contributed by atoms with Gasteiger partial charge in [0.25, 0.3) is 0 Å². The smallest absolute Gasteiger partial charge is 0.229 e. The quantitative estimate of drug-likeness (QED) is 0.888. The van der Waals surface area contributed by atoms with E-state index in [1.807, 2.05) is 35.0 Å². The van der Waals surface area contributed by atoms with Gasteiger partial charge in [-0.2, -0.15) is 5.10 Å². The molecule has 1 amide bonds. The van der Waals surface area contributed by atoms with Gasteiger partial charge in [-0.25, -0.2) is 4.68 Å². The average Bonchev–Trinajstić information content (AvgIpc) is 2.86. The molecule has 1 N–H and O–H groups in total. The third-order valence-electron chi connectivity index (χ3n) is 3.05. The summed E-state index contributed by atoms with van der Waals surface area (Å²) in [5.41, 5.74) is 0.947. The SMILES string of the molecule is COc1ccc(CC(=O)Nc2ccnn2CC(C)C)cc1. The first kappa shape index (κ1) is 15.1. The Morgan fingerprint density at radius 2 is 2.00 bits per heavy atom. The molecule has 1 heterocycles. The zero-order valence-electron chi connectivity index (χ0n) is 12.7. The molecule has 0 aliphatic carbocycles. The zero-order chi connectivity index (χ0) is 15.2. The average molecular weight is 287 g/mol. The number of hydrogen-bond acceptors (Lipinski definition) is 3. The highest BCUT2D eigenvalue weighted by atomic mass is 16.5. The van der Waals surface area contributed by atoms with E-state index in [0.717, 1.165) is 23.7 Å². The van der Waals surface area contributed by atoms with E-state index in [4.69, 9.17) is 4.74 Å². The molecule has 2 aromatic rings. The molecule has 0 spiro atoms. The lowest BCUT2D eigenvalue weighted by molar-refractivity contribution is -0.115. The minimum atomic E-state index is -0.0503. The van der Waals surface area contributed by atoms with Crippen LogP contribution in [0.1, 0.15) is 19.4 Å². The summed E-state index contributed by atoms with van der Waals surface area (Å²) in [6, 6.07) is 9.30. The van der Waals surface area contributed by atoms with E-state index in [2.05, 4.69) is 24.3 Å². The van der Waals surface area contributed by atoms with E-state index in [0.29, 0.717) is 12.3 Å². The van der Waals surface area contributed by atoms with Crippen LogP contribution in [0, 0.1) is 5.92 Å². The van der Waals surface area contributed by atoms with Gasteiger partial charge in [0, 0.05) is 12.6 Å². The lowest BCUT2D eigenvalue weighted by Gasteiger charge is -2.11. The second kappa shape index (κ2) is 6.92. The number of carbonyl (C=O) groups is 1. The standard InChI is InChI=1S/C16H21N3O2/c1-12(2)11-19-15(8-9-17-19)18-16(20)10-13-4-6-14(21-3)7-5-13/h4-9,12H,10-11H2,1-3H3,(H,18,20). The number of carbonyl (C=O) groups excluding carboxylic acids is 1. The highest BCUT2D eigenvalue weighted by Gasteiger charge is 2.09. The molecule has 0 aliphatic heterocycles. The maximum Gasteiger partial charge on any atom is 0.229 e. The van der Waals surface area contributed by atoms with Crippen molar-refractivity contribution < 1.29 is 9.53 Å². The third kappa shape index (κ3) is 4.34. The van der Waals surface area contributed by atoms with Crippen molar-refractivity contribution in [3.05, 3.63) is 42.1 Å². The predicted octanol–water partition coefficient (Wildman–Crippen LogP) is 2.73. The van der Waals surface area contributed by atoms with Crippen LogP contribution in [-0.4, -0.2) is 22.8 Å². The first-order valence-corrected chi connectivity index (χ1v) is 7.03. The molecule has 0 fully saturated rings. The van der Waals surface area contributed by atoms with Crippen LogP contribution >= 0.6 is 0 Å². The number of anilines is 1. The molecule has 0 aliphatic rings. The minimum absolute atomic E-state index is 0.0503. The number of nitrogens with zero attached hydrogens (tertiary/aromatic N) is 2. The van der Waals surface area contributed by atoms with E-state index in [-0.39, 0.29) is 5.91 Å². The summed E-state index contributed by atoms with van der Waals surface area (Å²) in [7, 11) is 1.62. The van der Waals surface area contributed by atoms with Gasteiger partial charge in [-0.3, -0.25) is 4.79 Å². The molecule has 5 heteroatoms. The Bertz CT molecular complexity index is 588. The number of amides is 1. The van der Waals surface area contributed by atoms with Crippen molar-refractivity contribution in [3.8, 4) is 5.75 Å². The molecule has 1 aromatic heterocycles. The number of methoxy groups -OCH3 is 1. The minimum Gasteiger partial charge on any atom is -0.497 e. The Balaban J connectivity index is 1.96. The molecule has 0 unspecified atom stereocenters. The summed E-state index contributed by atoms with van der Waals surface area (Å²) < 4.78 is 6.92. The van der Waals surface area contributed by atoms with Gasteiger partial charge in [0.15, 0.2) is 0 Å². The lowest BCUT2D eigenvalue weighted by Crippen LogP contribution is -2.18. The monoisotopic (exact) mass is 287 g/mol. The second-order valence-corrected chi connectivity index (χ2v) is 5.37. The van der Waals surface area contributed by atoms with Crippen molar-refractivity contribution in [1.29, 1.82) is 0 Å². The maximum absolute atomic E-state index is 12.1. The van der Waals surface area contributed by atoms with Crippen LogP contribution in [0.25, 0.3) is 0 Å². The summed E-state index contributed by atoms with van der Waals surface area (Å²) in [6.45, 7) is 5.01. The van der Waals surface area contributed by atoms with Crippen LogP contribution < -0.4 is 10.1 Å². The summed E-state index contributed by atoms with van der Waals surface area (Å²) in [5.74, 6) is 1.95. The topological polar surface area (TPSA) is 56.1 Å². The van der Waals surface area contributed by atoms with Crippen molar-refractivity contribution in [1.82, 2.24) is 9.78 Å². The fraction of sp³-hybridized carbons (Fsp3) is 0.375. The van der Waals surface area contributed by atoms with Gasteiger partial charge in [0.1, 0.15) is 11.6 Å². The zero-order valence-corrected chi connectivity index (χ0v) is 12.7. The Morgan fingerprint density at radius 1 is 1.29 bits per heavy atom. The van der Waals surface area contributed by atoms with Crippen LogP contribution in [-0.2, 0) is 17.8 Å². The lowest BCUT2D eigenvalue weighted by atomic mass is 10.1. The van der Waals surface area contributed by atoms with E-state index >= 15 is 0 Å². The Morgan fingerprint density at radius 3 is 2.62 bits per heavy atom. The van der Waals surface area contributed by atoms with Crippen LogP contribution in [0.2, 0.25) is 0 Å². The van der Waals surface area contributed by atoms with Crippen LogP contribution in [0.4, 0.5) is 5.82 Å². The highest BCUT2D eigenvalue weighted by molar-refractivity contribution is 5.91. The molecular formula is C16H21N3O2. The van der Waals surface area contributed by atoms with Gasteiger partial charge in [-0.15, -0.1) is 0 Å². The van der Waals surface area contributed by atoms with Gasteiger partial charge in [0.2, 0.25) is 5.91 Å². The molecule has 0 saturated heterocycles. The summed E-state index contributed by atoms with van der Waals surface area (Å²) in [4.78, 5) is 12.1. The molecule has 2 rings (SSSR count). The van der Waals surface area contributed by atoms with E-state index in [1.54, 1.807) is 13.3 Å². The maximum atomic E-state index is 12.1. The van der Waals surface area contributed by atoms with Crippen molar-refractivity contribution in [3.63, 3.8) is 0 Å². The molecule has 21 heavy (non-hydrogen) atoms. The van der Waals surface area contributed by atoms with E-state index < -0.39 is 0 Å². The number of ether oxygens (including phenoxy) is 1. The summed E-state index contributed by atoms with van der Waals surface area (Å²) in [6.07, 6.45) is 2.03. The number of hydrogen-bond donors (Lipinski definition) is 1. The Hall–Kier alpha value is -2.30. The fourth-order valence-corrected chi connectivity index (χ4v) is 2.05. The van der Waals surface area contributed by atoms with E-state index in [9.17, 15) is 4.79 Å². The van der Waals surface area contributed by atoms with Gasteiger partial charge in [0.05, 0.1) is 19.7 Å². The second-order valence-electron chi connectivity index (χ2n) is 5.37. The van der Waals surface area contributed by atoms with Gasteiger partial charge in [-0.05, 0) is 23.6 Å². The largest absolute Gasteiger partial charge is 0.497 e. The van der Waals surface area contributed by atoms with Gasteiger partial charge >= 0.3 is 0 Å². The molecule has 112 valence electrons. The number of benzene rings is 1. The van der Waals surface area contributed by atoms with Crippen LogP contribution in [0.5, 0.6) is 5.75 Å². The summed E-state index contributed by atoms with van der Waals surface area (Å²) >= 11 is 0. The van der Waals surface area contributed by atoms with E-state index in [1.165, 1.54) is 0 Å². The normalized spacial score (nSPS) is 10.7. The van der Waals surface area contributed by atoms with Crippen molar-refractivity contribution in [2.24, 2.45) is 5.92 Å². The molecule has 0 bridgehead atoms. The van der Waals surface area contributed by atoms with Crippen LogP contribution in [0.15, 0.2) is 36.5 Å². The number of aromatic nitrogens is 2. The van der Waals surface area contributed by atoms with Crippen molar-refractivity contribution in [2.75, 3.05) is 12.4 Å². The predicted molar refractivity (Wildman–Crippen MR) is 82.4 cm³/mol. The molecular weight excluding hydrogens is 266 g/mol. The summed E-state index contributed by atoms with van der Waals surface area (Å²) in [5, 5.41) is 7.13. The first-order chi connectivity index (χ1) is 10.1. The Labute approximate surface area is 124 Å². The Kier molecular flexibility index (Phi) is 4.98. The number of nitrogens with one attached hydrogen (secondary N) is 1. The van der Waals surface area contributed by atoms with Crippen molar-refractivity contribution >= 4 is 11.7 Å². The van der Waals surface area contributed by atoms with Gasteiger partial charge in [-0.1, -0.05) is 26.0 Å². The first-order valence-electron chi connectivity index (χ1n) is 7.03.